The van der Waals surface area contributed by atoms with Gasteiger partial charge in [-0.2, -0.15) is 0 Å². The second-order valence-corrected chi connectivity index (χ2v) is 5.75. The third-order valence-corrected chi connectivity index (χ3v) is 3.83. The minimum absolute atomic E-state index is 0.0159. The molecular weight excluding hydrogens is 298 g/mol. The zero-order valence-electron chi connectivity index (χ0n) is 12.4. The van der Waals surface area contributed by atoms with Crippen molar-refractivity contribution >= 4 is 29.0 Å². The van der Waals surface area contributed by atoms with Crippen LogP contribution in [0.3, 0.4) is 0 Å². The Labute approximate surface area is 133 Å². The van der Waals surface area contributed by atoms with Crippen molar-refractivity contribution in [3.05, 3.63) is 52.2 Å². The highest BCUT2D eigenvalue weighted by atomic mass is 32.1. The number of nitrogens with one attached hydrogen (secondary N) is 3. The van der Waals surface area contributed by atoms with Crippen molar-refractivity contribution in [1.82, 2.24) is 10.6 Å². The largest absolute Gasteiger partial charge is 0.351 e. The van der Waals surface area contributed by atoms with Crippen LogP contribution in [0.2, 0.25) is 0 Å². The molecule has 0 radical (unpaired) electrons. The topological polar surface area (TPSA) is 70.2 Å². The molecule has 0 saturated carbocycles. The predicted octanol–water partition coefficient (Wildman–Crippen LogP) is 2.75. The number of anilines is 1. The Morgan fingerprint density at radius 2 is 1.86 bits per heavy atom. The van der Waals surface area contributed by atoms with Gasteiger partial charge in [0, 0.05) is 17.1 Å². The highest BCUT2D eigenvalue weighted by Gasteiger charge is 2.05. The lowest BCUT2D eigenvalue weighted by atomic mass is 10.1. The number of rotatable bonds is 6. The van der Waals surface area contributed by atoms with Crippen molar-refractivity contribution in [3.63, 3.8) is 0 Å². The molecule has 3 amide bonds. The molecule has 3 N–H and O–H groups in total. The van der Waals surface area contributed by atoms with E-state index in [1.54, 1.807) is 23.5 Å². The van der Waals surface area contributed by atoms with Gasteiger partial charge in [0.15, 0.2) is 0 Å². The summed E-state index contributed by atoms with van der Waals surface area (Å²) in [5, 5.41) is 10.3. The molecule has 0 aliphatic heterocycles. The van der Waals surface area contributed by atoms with E-state index in [2.05, 4.69) is 16.0 Å². The van der Waals surface area contributed by atoms with Crippen molar-refractivity contribution in [1.29, 1.82) is 0 Å². The van der Waals surface area contributed by atoms with E-state index in [1.807, 2.05) is 36.6 Å². The quantitative estimate of drug-likeness (QED) is 0.766. The Balaban J connectivity index is 1.80. The minimum Gasteiger partial charge on any atom is -0.351 e. The number of carbonyl (C=O) groups excluding carboxylic acids is 2. The Morgan fingerprint density at radius 1 is 1.09 bits per heavy atom. The number of hydrogen-bond acceptors (Lipinski definition) is 3. The first kappa shape index (κ1) is 16.0. The number of urea groups is 1. The van der Waals surface area contributed by atoms with Crippen LogP contribution in [0.4, 0.5) is 10.5 Å². The maximum absolute atomic E-state index is 11.9. The fraction of sp³-hybridized carbons (Fsp3) is 0.250. The van der Waals surface area contributed by atoms with Crippen LogP contribution in [0, 0.1) is 0 Å². The van der Waals surface area contributed by atoms with Gasteiger partial charge in [-0.25, -0.2) is 4.79 Å². The molecule has 0 spiro atoms. The van der Waals surface area contributed by atoms with Crippen LogP contribution in [-0.2, 0) is 17.8 Å². The second kappa shape index (κ2) is 8.19. The fourth-order valence-electron chi connectivity index (χ4n) is 1.89. The van der Waals surface area contributed by atoms with Gasteiger partial charge in [0.05, 0.1) is 13.0 Å². The molecule has 22 heavy (non-hydrogen) atoms. The number of hydrogen-bond donors (Lipinski definition) is 3. The molecule has 0 bridgehead atoms. The summed E-state index contributed by atoms with van der Waals surface area (Å²) in [6.07, 6.45) is 0.326. The van der Waals surface area contributed by atoms with Gasteiger partial charge in [-0.05, 0) is 36.1 Å². The van der Waals surface area contributed by atoms with E-state index in [-0.39, 0.29) is 11.9 Å². The SMILES string of the molecule is CCNC(=O)Nc1ccc(CC(=O)NCc2cccs2)cc1. The predicted molar refractivity (Wildman–Crippen MR) is 89.0 cm³/mol. The molecule has 0 atom stereocenters. The lowest BCUT2D eigenvalue weighted by Gasteiger charge is -2.07. The van der Waals surface area contributed by atoms with Gasteiger partial charge in [-0.1, -0.05) is 18.2 Å². The molecule has 1 heterocycles. The molecule has 0 aliphatic rings. The molecule has 0 unspecified atom stereocenters. The van der Waals surface area contributed by atoms with Crippen molar-refractivity contribution in [3.8, 4) is 0 Å². The van der Waals surface area contributed by atoms with E-state index in [9.17, 15) is 9.59 Å². The van der Waals surface area contributed by atoms with Gasteiger partial charge in [-0.15, -0.1) is 11.3 Å². The van der Waals surface area contributed by atoms with E-state index < -0.39 is 0 Å². The summed E-state index contributed by atoms with van der Waals surface area (Å²) in [5.41, 5.74) is 1.61. The average Bonchev–Trinajstić information content (AvgIpc) is 3.01. The molecule has 0 aliphatic carbocycles. The highest BCUT2D eigenvalue weighted by molar-refractivity contribution is 7.09. The maximum Gasteiger partial charge on any atom is 0.319 e. The standard InChI is InChI=1S/C16H19N3O2S/c1-2-17-16(21)19-13-7-5-12(6-8-13)10-15(20)18-11-14-4-3-9-22-14/h3-9H,2,10-11H2,1H3,(H,18,20)(H2,17,19,21). The molecule has 0 fully saturated rings. The minimum atomic E-state index is -0.232. The highest BCUT2D eigenvalue weighted by Crippen LogP contribution is 2.11. The van der Waals surface area contributed by atoms with Gasteiger partial charge >= 0.3 is 6.03 Å². The van der Waals surface area contributed by atoms with Crippen LogP contribution in [0.1, 0.15) is 17.4 Å². The number of amides is 3. The van der Waals surface area contributed by atoms with Gasteiger partial charge in [0.1, 0.15) is 0 Å². The number of benzene rings is 1. The van der Waals surface area contributed by atoms with E-state index in [0.29, 0.717) is 25.2 Å². The van der Waals surface area contributed by atoms with E-state index in [0.717, 1.165) is 10.4 Å². The second-order valence-electron chi connectivity index (χ2n) is 4.71. The van der Waals surface area contributed by atoms with Gasteiger partial charge in [0.25, 0.3) is 0 Å². The summed E-state index contributed by atoms with van der Waals surface area (Å²) >= 11 is 1.62. The Bertz CT molecular complexity index is 609. The summed E-state index contributed by atoms with van der Waals surface area (Å²) in [7, 11) is 0. The molecule has 1 aromatic heterocycles. The summed E-state index contributed by atoms with van der Waals surface area (Å²) in [5.74, 6) is -0.0159. The molecule has 6 heteroatoms. The van der Waals surface area contributed by atoms with Crippen molar-refractivity contribution < 1.29 is 9.59 Å². The van der Waals surface area contributed by atoms with E-state index in [1.165, 1.54) is 0 Å². The molecule has 2 rings (SSSR count). The van der Waals surface area contributed by atoms with Crippen LogP contribution in [0.5, 0.6) is 0 Å². The summed E-state index contributed by atoms with van der Waals surface area (Å²) in [6, 6.07) is 11.0. The molecule has 2 aromatic rings. The van der Waals surface area contributed by atoms with E-state index >= 15 is 0 Å². The maximum atomic E-state index is 11.9. The zero-order chi connectivity index (χ0) is 15.8. The Morgan fingerprint density at radius 3 is 2.50 bits per heavy atom. The van der Waals surface area contributed by atoms with Crippen LogP contribution in [0.25, 0.3) is 0 Å². The number of thiophene rings is 1. The molecule has 1 aromatic carbocycles. The summed E-state index contributed by atoms with van der Waals surface area (Å²) in [6.45, 7) is 3.00. The van der Waals surface area contributed by atoms with Crippen molar-refractivity contribution in [2.24, 2.45) is 0 Å². The van der Waals surface area contributed by atoms with Crippen LogP contribution < -0.4 is 16.0 Å². The molecular formula is C16H19N3O2S. The zero-order valence-corrected chi connectivity index (χ0v) is 13.2. The normalized spacial score (nSPS) is 10.0. The van der Waals surface area contributed by atoms with E-state index in [4.69, 9.17) is 0 Å². The lowest BCUT2D eigenvalue weighted by Crippen LogP contribution is -2.28. The van der Waals surface area contributed by atoms with Crippen LogP contribution in [-0.4, -0.2) is 18.5 Å². The van der Waals surface area contributed by atoms with Gasteiger partial charge < -0.3 is 16.0 Å². The van der Waals surface area contributed by atoms with Crippen molar-refractivity contribution in [2.75, 3.05) is 11.9 Å². The first-order valence-electron chi connectivity index (χ1n) is 7.10. The lowest BCUT2D eigenvalue weighted by molar-refractivity contribution is -0.120. The molecule has 116 valence electrons. The van der Waals surface area contributed by atoms with Crippen LogP contribution >= 0.6 is 11.3 Å². The Hall–Kier alpha value is -2.34. The van der Waals surface area contributed by atoms with Crippen molar-refractivity contribution in [2.45, 2.75) is 19.9 Å². The first-order valence-corrected chi connectivity index (χ1v) is 7.98. The Kier molecular flexibility index (Phi) is 5.97. The third-order valence-electron chi connectivity index (χ3n) is 2.95. The molecule has 5 nitrogen and oxygen atoms in total. The number of carbonyl (C=O) groups is 2. The fourth-order valence-corrected chi connectivity index (χ4v) is 2.53. The smallest absolute Gasteiger partial charge is 0.319 e. The average molecular weight is 317 g/mol. The van der Waals surface area contributed by atoms with Gasteiger partial charge in [0.2, 0.25) is 5.91 Å². The van der Waals surface area contributed by atoms with Gasteiger partial charge in [-0.3, -0.25) is 4.79 Å². The molecule has 0 saturated heterocycles. The van der Waals surface area contributed by atoms with Crippen LogP contribution in [0.15, 0.2) is 41.8 Å². The third kappa shape index (κ3) is 5.21. The summed E-state index contributed by atoms with van der Waals surface area (Å²) < 4.78 is 0. The monoisotopic (exact) mass is 317 g/mol. The summed E-state index contributed by atoms with van der Waals surface area (Å²) in [4.78, 5) is 24.4. The first-order chi connectivity index (χ1) is 10.7.